The van der Waals surface area contributed by atoms with Gasteiger partial charge in [0, 0.05) is 18.3 Å². The highest BCUT2D eigenvalue weighted by atomic mass is 32.2. The summed E-state index contributed by atoms with van der Waals surface area (Å²) in [5, 5.41) is 3.56. The molecule has 2 unspecified atom stereocenters. The summed E-state index contributed by atoms with van der Waals surface area (Å²) in [6.45, 7) is 1.24. The lowest BCUT2D eigenvalue weighted by Crippen LogP contribution is -2.43. The Kier molecular flexibility index (Phi) is 1.68. The molecule has 2 fully saturated rings. The fraction of sp³-hybridized carbons (Fsp3) is 1.00. The predicted octanol–water partition coefficient (Wildman–Crippen LogP) is 1.10. The second-order valence-electron chi connectivity index (χ2n) is 2.97. The summed E-state index contributed by atoms with van der Waals surface area (Å²) in [5.74, 6) is 3.77. The van der Waals surface area contributed by atoms with Crippen LogP contribution in [-0.4, -0.2) is 24.1 Å². The van der Waals surface area contributed by atoms with Crippen LogP contribution in [0.3, 0.4) is 0 Å². The molecule has 0 aromatic carbocycles. The van der Waals surface area contributed by atoms with Gasteiger partial charge >= 0.3 is 0 Å². The Labute approximate surface area is 60.6 Å². The Balaban J connectivity index is 1.90. The topological polar surface area (TPSA) is 12.0 Å². The van der Waals surface area contributed by atoms with Gasteiger partial charge in [0.05, 0.1) is 0 Å². The molecule has 0 bridgehead atoms. The van der Waals surface area contributed by atoms with Gasteiger partial charge in [-0.25, -0.2) is 0 Å². The van der Waals surface area contributed by atoms with Crippen LogP contribution in [0, 0.1) is 5.92 Å². The predicted molar refractivity (Wildman–Crippen MR) is 41.8 cm³/mol. The lowest BCUT2D eigenvalue weighted by molar-refractivity contribution is 0.243. The van der Waals surface area contributed by atoms with Crippen LogP contribution < -0.4 is 5.32 Å². The monoisotopic (exact) mass is 143 g/mol. The normalized spacial score (nSPS) is 42.7. The molecule has 2 heteroatoms. The van der Waals surface area contributed by atoms with E-state index in [0.29, 0.717) is 0 Å². The van der Waals surface area contributed by atoms with Crippen molar-refractivity contribution >= 4 is 11.8 Å². The summed E-state index contributed by atoms with van der Waals surface area (Å²) in [4.78, 5) is 0. The number of rotatable bonds is 0. The summed E-state index contributed by atoms with van der Waals surface area (Å²) in [7, 11) is 0. The van der Waals surface area contributed by atoms with Crippen LogP contribution in [0.1, 0.15) is 12.8 Å². The fourth-order valence-electron chi connectivity index (χ4n) is 1.59. The van der Waals surface area contributed by atoms with E-state index >= 15 is 0 Å². The zero-order chi connectivity index (χ0) is 6.10. The van der Waals surface area contributed by atoms with Gasteiger partial charge in [-0.3, -0.25) is 0 Å². The number of nitrogens with one attached hydrogen (secondary N) is 1. The molecule has 0 amide bonds. The summed E-state index contributed by atoms with van der Waals surface area (Å²) < 4.78 is 0. The summed E-state index contributed by atoms with van der Waals surface area (Å²) in [6, 6.07) is 0.903. The quantitative estimate of drug-likeness (QED) is 0.545. The van der Waals surface area contributed by atoms with Gasteiger partial charge in [-0.2, -0.15) is 11.8 Å². The van der Waals surface area contributed by atoms with Crippen molar-refractivity contribution in [1.82, 2.24) is 5.32 Å². The van der Waals surface area contributed by atoms with Crippen molar-refractivity contribution in [2.45, 2.75) is 18.9 Å². The molecular formula is C7H13NS. The first-order valence-electron chi connectivity index (χ1n) is 3.78. The van der Waals surface area contributed by atoms with Gasteiger partial charge in [0.1, 0.15) is 0 Å². The summed E-state index contributed by atoms with van der Waals surface area (Å²) >= 11 is 2.12. The van der Waals surface area contributed by atoms with Crippen molar-refractivity contribution < 1.29 is 0 Å². The number of hydrogen-bond acceptors (Lipinski definition) is 2. The maximum absolute atomic E-state index is 3.56. The third-order valence-electron chi connectivity index (χ3n) is 2.40. The molecule has 1 N–H and O–H groups in total. The Morgan fingerprint density at radius 2 is 2.33 bits per heavy atom. The summed E-state index contributed by atoms with van der Waals surface area (Å²) in [5.41, 5.74) is 0. The highest BCUT2D eigenvalue weighted by molar-refractivity contribution is 7.99. The Morgan fingerprint density at radius 3 is 3.11 bits per heavy atom. The molecule has 2 atom stereocenters. The van der Waals surface area contributed by atoms with E-state index in [-0.39, 0.29) is 0 Å². The van der Waals surface area contributed by atoms with E-state index in [9.17, 15) is 0 Å². The van der Waals surface area contributed by atoms with Gasteiger partial charge in [0.25, 0.3) is 0 Å². The molecular weight excluding hydrogens is 130 g/mol. The van der Waals surface area contributed by atoms with E-state index < -0.39 is 0 Å². The first-order chi connectivity index (χ1) is 4.47. The molecule has 1 nitrogen and oxygen atoms in total. The van der Waals surface area contributed by atoms with E-state index in [1.54, 1.807) is 0 Å². The maximum atomic E-state index is 3.56. The molecule has 0 aromatic heterocycles. The number of thioether (sulfide) groups is 1. The second kappa shape index (κ2) is 2.51. The van der Waals surface area contributed by atoms with Crippen LogP contribution in [0.15, 0.2) is 0 Å². The molecule has 2 aliphatic rings. The Morgan fingerprint density at radius 1 is 1.33 bits per heavy atom. The van der Waals surface area contributed by atoms with Crippen LogP contribution in [0.5, 0.6) is 0 Å². The van der Waals surface area contributed by atoms with Crippen molar-refractivity contribution in [1.29, 1.82) is 0 Å². The van der Waals surface area contributed by atoms with Crippen LogP contribution >= 0.6 is 11.8 Å². The minimum absolute atomic E-state index is 0.903. The first-order valence-corrected chi connectivity index (χ1v) is 4.93. The number of fused-ring (bicyclic) bond motifs is 1. The maximum Gasteiger partial charge on any atom is 0.0104 e. The van der Waals surface area contributed by atoms with Crippen molar-refractivity contribution in [2.75, 3.05) is 18.1 Å². The van der Waals surface area contributed by atoms with Crippen molar-refractivity contribution in [3.05, 3.63) is 0 Å². The van der Waals surface area contributed by atoms with E-state index in [1.807, 2.05) is 0 Å². The molecule has 0 aromatic rings. The van der Waals surface area contributed by atoms with Crippen molar-refractivity contribution in [2.24, 2.45) is 5.92 Å². The standard InChI is InChI=1S/C7H13NS/c1-2-7-6(1)5-9-4-3-8-7/h6-8H,1-5H2. The molecule has 9 heavy (non-hydrogen) atoms. The summed E-state index contributed by atoms with van der Waals surface area (Å²) in [6.07, 6.45) is 2.91. The van der Waals surface area contributed by atoms with E-state index in [1.165, 1.54) is 30.9 Å². The van der Waals surface area contributed by atoms with Crippen LogP contribution in [0.4, 0.5) is 0 Å². The average Bonchev–Trinajstić information content (AvgIpc) is 1.94. The molecule has 1 aliphatic carbocycles. The molecule has 1 saturated heterocycles. The third kappa shape index (κ3) is 1.10. The van der Waals surface area contributed by atoms with E-state index in [0.717, 1.165) is 12.0 Å². The van der Waals surface area contributed by atoms with Crippen LogP contribution in [0.25, 0.3) is 0 Å². The zero-order valence-corrected chi connectivity index (χ0v) is 6.41. The van der Waals surface area contributed by atoms with Gasteiger partial charge in [-0.15, -0.1) is 0 Å². The Bertz CT molecular complexity index is 93.1. The smallest absolute Gasteiger partial charge is 0.0104 e. The lowest BCUT2D eigenvalue weighted by Gasteiger charge is -2.35. The molecule has 52 valence electrons. The van der Waals surface area contributed by atoms with E-state index in [2.05, 4.69) is 17.1 Å². The first kappa shape index (κ1) is 6.05. The third-order valence-corrected chi connectivity index (χ3v) is 3.56. The molecule has 2 rings (SSSR count). The molecule has 1 heterocycles. The second-order valence-corrected chi connectivity index (χ2v) is 4.12. The molecule has 0 radical (unpaired) electrons. The van der Waals surface area contributed by atoms with Crippen LogP contribution in [0.2, 0.25) is 0 Å². The minimum atomic E-state index is 0.903. The highest BCUT2D eigenvalue weighted by Gasteiger charge is 2.31. The molecule has 1 aliphatic heterocycles. The van der Waals surface area contributed by atoms with Gasteiger partial charge in [0.15, 0.2) is 0 Å². The highest BCUT2D eigenvalue weighted by Crippen LogP contribution is 2.31. The van der Waals surface area contributed by atoms with Gasteiger partial charge < -0.3 is 5.32 Å². The average molecular weight is 143 g/mol. The minimum Gasteiger partial charge on any atom is -0.313 e. The fourth-order valence-corrected chi connectivity index (χ4v) is 2.72. The van der Waals surface area contributed by atoms with E-state index in [4.69, 9.17) is 0 Å². The van der Waals surface area contributed by atoms with Gasteiger partial charge in [-0.1, -0.05) is 0 Å². The molecule has 0 spiro atoms. The lowest BCUT2D eigenvalue weighted by atomic mass is 9.81. The van der Waals surface area contributed by atoms with Crippen molar-refractivity contribution in [3.63, 3.8) is 0 Å². The zero-order valence-electron chi connectivity index (χ0n) is 5.60. The number of hydrogen-bond donors (Lipinski definition) is 1. The molecule has 1 saturated carbocycles. The van der Waals surface area contributed by atoms with Gasteiger partial charge in [0.2, 0.25) is 0 Å². The van der Waals surface area contributed by atoms with Crippen molar-refractivity contribution in [3.8, 4) is 0 Å². The largest absolute Gasteiger partial charge is 0.313 e. The Hall–Kier alpha value is 0.310. The van der Waals surface area contributed by atoms with Crippen LogP contribution in [-0.2, 0) is 0 Å². The SMILES string of the molecule is C1CSCC2CCC2N1. The van der Waals surface area contributed by atoms with Gasteiger partial charge in [-0.05, 0) is 24.5 Å².